The van der Waals surface area contributed by atoms with Gasteiger partial charge in [-0.2, -0.15) is 0 Å². The number of hydrogen-bond acceptors (Lipinski definition) is 1. The molecule has 1 aliphatic carbocycles. The molecule has 0 aromatic heterocycles. The van der Waals surface area contributed by atoms with E-state index < -0.39 is 5.41 Å². The van der Waals surface area contributed by atoms with Crippen LogP contribution in [0.25, 0.3) is 66.4 Å². The van der Waals surface area contributed by atoms with Gasteiger partial charge in [-0.3, -0.25) is 0 Å². The second-order valence-corrected chi connectivity index (χ2v) is 17.2. The summed E-state index contributed by atoms with van der Waals surface area (Å²) in [6.45, 7) is 0. The lowest BCUT2D eigenvalue weighted by Gasteiger charge is -2.35. The average Bonchev–Trinajstić information content (AvgIpc) is 3.71. The van der Waals surface area contributed by atoms with Gasteiger partial charge in [-0.05, 0) is 96.2 Å². The molecule has 1 aliphatic rings. The van der Waals surface area contributed by atoms with Crippen LogP contribution in [0.4, 0.5) is 17.1 Å². The SMILES string of the molecule is c1ccc(-c2ccc(-c3ccccc3N(c3ccccc3-c3ccc(-c4ccc5ccccc5c4)cc3)c3cccc4c3-c3ccccc3C4(c3ccccc3)c3ccccc3)cc2)cc1. The number of nitrogens with zero attached hydrogens (tertiary/aromatic N) is 1. The number of hydrogen-bond donors (Lipinski definition) is 0. The Morgan fingerprint density at radius 3 is 1.26 bits per heavy atom. The molecule has 11 aromatic rings. The molecular weight excluding hydrogens is 795 g/mol. The summed E-state index contributed by atoms with van der Waals surface area (Å²) in [6, 6.07) is 100. The van der Waals surface area contributed by atoms with Crippen molar-refractivity contribution in [2.24, 2.45) is 0 Å². The van der Waals surface area contributed by atoms with Crippen molar-refractivity contribution < 1.29 is 0 Å². The normalized spacial score (nSPS) is 12.4. The maximum absolute atomic E-state index is 2.54. The Bertz CT molecular complexity index is 3460. The topological polar surface area (TPSA) is 3.24 Å². The fourth-order valence-corrected chi connectivity index (χ4v) is 10.6. The van der Waals surface area contributed by atoms with E-state index >= 15 is 0 Å². The van der Waals surface area contributed by atoms with Gasteiger partial charge in [-0.1, -0.05) is 249 Å². The summed E-state index contributed by atoms with van der Waals surface area (Å²) >= 11 is 0. The van der Waals surface area contributed by atoms with E-state index in [-0.39, 0.29) is 0 Å². The van der Waals surface area contributed by atoms with Crippen LogP contribution in [0.1, 0.15) is 22.3 Å². The molecule has 12 rings (SSSR count). The van der Waals surface area contributed by atoms with Crippen molar-refractivity contribution in [1.29, 1.82) is 0 Å². The minimum atomic E-state index is -0.541. The van der Waals surface area contributed by atoms with Crippen LogP contribution in [-0.4, -0.2) is 0 Å². The monoisotopic (exact) mass is 839 g/mol. The summed E-state index contributed by atoms with van der Waals surface area (Å²) in [5.74, 6) is 0. The van der Waals surface area contributed by atoms with E-state index in [1.165, 1.54) is 66.4 Å². The Labute approximate surface area is 387 Å². The van der Waals surface area contributed by atoms with E-state index in [4.69, 9.17) is 0 Å². The average molecular weight is 840 g/mol. The molecule has 1 nitrogen and oxygen atoms in total. The Hall–Kier alpha value is -8.52. The molecule has 11 aromatic carbocycles. The first-order valence-electron chi connectivity index (χ1n) is 22.8. The van der Waals surface area contributed by atoms with Crippen molar-refractivity contribution in [3.8, 4) is 55.6 Å². The van der Waals surface area contributed by atoms with Gasteiger partial charge < -0.3 is 4.90 Å². The van der Waals surface area contributed by atoms with Crippen LogP contribution in [0.2, 0.25) is 0 Å². The van der Waals surface area contributed by atoms with Crippen molar-refractivity contribution in [2.75, 3.05) is 4.90 Å². The zero-order chi connectivity index (χ0) is 43.9. The number of rotatable bonds is 9. The van der Waals surface area contributed by atoms with Crippen LogP contribution < -0.4 is 4.90 Å². The lowest BCUT2D eigenvalue weighted by Crippen LogP contribution is -2.28. The third kappa shape index (κ3) is 6.56. The highest BCUT2D eigenvalue weighted by Crippen LogP contribution is 2.60. The van der Waals surface area contributed by atoms with Crippen molar-refractivity contribution >= 4 is 27.8 Å². The molecule has 0 spiro atoms. The van der Waals surface area contributed by atoms with Crippen molar-refractivity contribution in [2.45, 2.75) is 5.41 Å². The van der Waals surface area contributed by atoms with E-state index in [2.05, 4.69) is 278 Å². The van der Waals surface area contributed by atoms with Gasteiger partial charge in [0, 0.05) is 16.7 Å². The zero-order valence-corrected chi connectivity index (χ0v) is 36.4. The lowest BCUT2D eigenvalue weighted by atomic mass is 9.68. The largest absolute Gasteiger partial charge is 0.309 e. The van der Waals surface area contributed by atoms with Gasteiger partial charge in [0.25, 0.3) is 0 Å². The molecule has 0 unspecified atom stereocenters. The number of fused-ring (bicyclic) bond motifs is 4. The van der Waals surface area contributed by atoms with E-state index in [1.54, 1.807) is 0 Å². The van der Waals surface area contributed by atoms with E-state index in [9.17, 15) is 0 Å². The Kier molecular flexibility index (Phi) is 9.81. The summed E-state index contributed by atoms with van der Waals surface area (Å²) in [4.78, 5) is 2.54. The minimum absolute atomic E-state index is 0.541. The fraction of sp³-hybridized carbons (Fsp3) is 0.0154. The first kappa shape index (κ1) is 39.1. The summed E-state index contributed by atoms with van der Waals surface area (Å²) in [5, 5.41) is 2.49. The van der Waals surface area contributed by atoms with Gasteiger partial charge in [0.05, 0.1) is 22.5 Å². The molecule has 310 valence electrons. The molecule has 0 radical (unpaired) electrons. The van der Waals surface area contributed by atoms with Crippen LogP contribution in [0.5, 0.6) is 0 Å². The molecule has 0 bridgehead atoms. The fourth-order valence-electron chi connectivity index (χ4n) is 10.6. The first-order valence-corrected chi connectivity index (χ1v) is 22.8. The molecule has 0 amide bonds. The molecule has 0 heterocycles. The quantitative estimate of drug-likeness (QED) is 0.140. The molecule has 1 heteroatoms. The highest BCUT2D eigenvalue weighted by atomic mass is 15.2. The Morgan fingerprint density at radius 1 is 0.242 bits per heavy atom. The number of anilines is 3. The third-order valence-electron chi connectivity index (χ3n) is 13.6. The van der Waals surface area contributed by atoms with E-state index in [0.29, 0.717) is 0 Å². The second kappa shape index (κ2) is 16.6. The van der Waals surface area contributed by atoms with Crippen molar-refractivity contribution in [3.05, 3.63) is 295 Å². The van der Waals surface area contributed by atoms with Gasteiger partial charge in [-0.25, -0.2) is 0 Å². The van der Waals surface area contributed by atoms with Crippen molar-refractivity contribution in [3.63, 3.8) is 0 Å². The van der Waals surface area contributed by atoms with Crippen LogP contribution in [-0.2, 0) is 5.41 Å². The molecular formula is C65H45N. The van der Waals surface area contributed by atoms with Crippen LogP contribution in [0.15, 0.2) is 273 Å². The lowest BCUT2D eigenvalue weighted by molar-refractivity contribution is 0.768. The number of benzene rings is 11. The molecule has 66 heavy (non-hydrogen) atoms. The summed E-state index contributed by atoms with van der Waals surface area (Å²) < 4.78 is 0. The van der Waals surface area contributed by atoms with Gasteiger partial charge in [0.1, 0.15) is 0 Å². The highest BCUT2D eigenvalue weighted by Gasteiger charge is 2.47. The summed E-state index contributed by atoms with van der Waals surface area (Å²) in [5.41, 5.74) is 19.7. The highest BCUT2D eigenvalue weighted by molar-refractivity contribution is 6.02. The van der Waals surface area contributed by atoms with Gasteiger partial charge in [0.2, 0.25) is 0 Å². The van der Waals surface area contributed by atoms with Crippen LogP contribution in [0, 0.1) is 0 Å². The van der Waals surface area contributed by atoms with E-state index in [1.807, 2.05) is 0 Å². The van der Waals surface area contributed by atoms with Gasteiger partial charge >= 0.3 is 0 Å². The van der Waals surface area contributed by atoms with Crippen molar-refractivity contribution in [1.82, 2.24) is 0 Å². The molecule has 0 N–H and O–H groups in total. The molecule has 0 saturated carbocycles. The molecule has 0 atom stereocenters. The Balaban J connectivity index is 1.09. The van der Waals surface area contributed by atoms with Gasteiger partial charge in [0.15, 0.2) is 0 Å². The second-order valence-electron chi connectivity index (χ2n) is 17.2. The standard InChI is InChI=1S/C65H45N/c1-4-19-46(20-5-1)48-35-40-50(41-36-48)56-27-13-16-32-61(56)66(62-33-17-14-28-57(62)51-42-37-49(38-43-51)53-44-39-47-21-10-11-22-52(47)45-53)63-34-18-31-60-64(63)58-29-12-15-30-59(58)65(60,54-23-6-2-7-24-54)55-25-8-3-9-26-55/h1-45H. The number of para-hydroxylation sites is 2. The van der Waals surface area contributed by atoms with Crippen LogP contribution in [0.3, 0.4) is 0 Å². The Morgan fingerprint density at radius 2 is 0.652 bits per heavy atom. The smallest absolute Gasteiger partial charge is 0.0714 e. The molecule has 0 aliphatic heterocycles. The zero-order valence-electron chi connectivity index (χ0n) is 36.4. The van der Waals surface area contributed by atoms with Gasteiger partial charge in [-0.15, -0.1) is 0 Å². The maximum atomic E-state index is 2.54. The predicted octanol–water partition coefficient (Wildman–Crippen LogP) is 17.3. The minimum Gasteiger partial charge on any atom is -0.309 e. The third-order valence-corrected chi connectivity index (χ3v) is 13.6. The first-order chi connectivity index (χ1) is 32.8. The molecule has 0 fully saturated rings. The summed E-state index contributed by atoms with van der Waals surface area (Å²) in [7, 11) is 0. The predicted molar refractivity (Wildman–Crippen MR) is 278 cm³/mol. The molecule has 0 saturated heterocycles. The van der Waals surface area contributed by atoms with Crippen LogP contribution >= 0.6 is 0 Å². The summed E-state index contributed by atoms with van der Waals surface area (Å²) in [6.07, 6.45) is 0. The van der Waals surface area contributed by atoms with E-state index in [0.717, 1.165) is 39.3 Å². The maximum Gasteiger partial charge on any atom is 0.0714 e.